The number of hydrogen-bond donors (Lipinski definition) is 1. The molecule has 1 unspecified atom stereocenters. The van der Waals surface area contributed by atoms with Gasteiger partial charge < -0.3 is 15.0 Å². The summed E-state index contributed by atoms with van der Waals surface area (Å²) in [5.74, 6) is 1.60. The summed E-state index contributed by atoms with van der Waals surface area (Å²) in [6.45, 7) is 8.32. The lowest BCUT2D eigenvalue weighted by Crippen LogP contribution is -2.43. The van der Waals surface area contributed by atoms with Crippen LogP contribution in [-0.2, 0) is 9.53 Å². The Bertz CT molecular complexity index is 403. The Morgan fingerprint density at radius 3 is 2.50 bits per heavy atom. The fraction of sp³-hybridized carbons (Fsp3) is 0.875. The van der Waals surface area contributed by atoms with E-state index in [0.717, 1.165) is 31.4 Å². The first-order chi connectivity index (χ1) is 9.89. The highest BCUT2D eigenvalue weighted by molar-refractivity contribution is 14.0. The molecule has 0 bridgehead atoms. The van der Waals surface area contributed by atoms with Crippen LogP contribution in [0.25, 0.3) is 0 Å². The summed E-state index contributed by atoms with van der Waals surface area (Å²) in [6, 6.07) is 0. The normalized spacial score (nSPS) is 22.8. The largest absolute Gasteiger partial charge is 0.460 e. The maximum atomic E-state index is 12.1. The van der Waals surface area contributed by atoms with E-state index >= 15 is 0 Å². The Balaban J connectivity index is 0.00000242. The molecule has 2 fully saturated rings. The summed E-state index contributed by atoms with van der Waals surface area (Å²) in [7, 11) is 1.81. The lowest BCUT2D eigenvalue weighted by atomic mass is 9.85. The maximum absolute atomic E-state index is 12.1. The second kappa shape index (κ2) is 8.36. The number of esters is 1. The highest BCUT2D eigenvalue weighted by Crippen LogP contribution is 2.25. The van der Waals surface area contributed by atoms with Crippen LogP contribution in [0.3, 0.4) is 0 Å². The molecule has 5 nitrogen and oxygen atoms in total. The van der Waals surface area contributed by atoms with Crippen LogP contribution in [0.2, 0.25) is 0 Å². The average Bonchev–Trinajstić information content (AvgIpc) is 2.79. The van der Waals surface area contributed by atoms with Gasteiger partial charge in [-0.25, -0.2) is 0 Å². The van der Waals surface area contributed by atoms with Crippen molar-refractivity contribution >= 4 is 35.9 Å². The SMILES string of the molecule is CN=C(NCC1CCC1)N1CCC(C(=O)OC(C)(C)C)C1.I. The van der Waals surface area contributed by atoms with E-state index in [2.05, 4.69) is 15.2 Å². The Kier molecular flexibility index (Phi) is 7.41. The molecule has 1 atom stereocenters. The van der Waals surface area contributed by atoms with Gasteiger partial charge in [0.2, 0.25) is 0 Å². The van der Waals surface area contributed by atoms with Crippen LogP contribution in [0.15, 0.2) is 4.99 Å². The zero-order valence-electron chi connectivity index (χ0n) is 14.2. The van der Waals surface area contributed by atoms with Crippen LogP contribution in [0, 0.1) is 11.8 Å². The van der Waals surface area contributed by atoms with Crippen LogP contribution < -0.4 is 5.32 Å². The summed E-state index contributed by atoms with van der Waals surface area (Å²) in [5.41, 5.74) is -0.408. The molecule has 1 saturated carbocycles. The number of rotatable bonds is 3. The standard InChI is InChI=1S/C16H29N3O2.HI/c1-16(2,3)21-14(20)13-8-9-19(11-13)15(17-4)18-10-12-6-5-7-12;/h12-13H,5-11H2,1-4H3,(H,17,18);1H. The third-order valence-electron chi connectivity index (χ3n) is 4.21. The first-order valence-electron chi connectivity index (χ1n) is 8.07. The van der Waals surface area contributed by atoms with E-state index in [4.69, 9.17) is 4.74 Å². The lowest BCUT2D eigenvalue weighted by Gasteiger charge is -2.28. The number of nitrogens with one attached hydrogen (secondary N) is 1. The zero-order valence-corrected chi connectivity index (χ0v) is 16.6. The van der Waals surface area contributed by atoms with Gasteiger partial charge in [-0.05, 0) is 46.0 Å². The summed E-state index contributed by atoms with van der Waals surface area (Å²) >= 11 is 0. The van der Waals surface area contributed by atoms with Crippen molar-refractivity contribution in [3.05, 3.63) is 0 Å². The molecule has 0 radical (unpaired) electrons. The number of likely N-dealkylation sites (tertiary alicyclic amines) is 1. The van der Waals surface area contributed by atoms with E-state index < -0.39 is 5.60 Å². The van der Waals surface area contributed by atoms with Crippen molar-refractivity contribution in [2.24, 2.45) is 16.8 Å². The smallest absolute Gasteiger partial charge is 0.311 e. The molecule has 128 valence electrons. The Labute approximate surface area is 151 Å². The number of carbonyl (C=O) groups excluding carboxylic acids is 1. The van der Waals surface area contributed by atoms with Crippen LogP contribution >= 0.6 is 24.0 Å². The Morgan fingerprint density at radius 1 is 1.32 bits per heavy atom. The van der Waals surface area contributed by atoms with Gasteiger partial charge in [-0.15, -0.1) is 24.0 Å². The third kappa shape index (κ3) is 5.59. The molecule has 1 saturated heterocycles. The molecule has 1 aliphatic carbocycles. The quantitative estimate of drug-likeness (QED) is 0.328. The van der Waals surface area contributed by atoms with E-state index in [1.807, 2.05) is 27.8 Å². The van der Waals surface area contributed by atoms with E-state index in [1.165, 1.54) is 19.3 Å². The Morgan fingerprint density at radius 2 is 2.00 bits per heavy atom. The molecule has 2 aliphatic rings. The van der Waals surface area contributed by atoms with Crippen LogP contribution in [0.5, 0.6) is 0 Å². The summed E-state index contributed by atoms with van der Waals surface area (Å²) in [5, 5.41) is 3.44. The van der Waals surface area contributed by atoms with E-state index in [9.17, 15) is 4.79 Å². The van der Waals surface area contributed by atoms with Gasteiger partial charge in [-0.3, -0.25) is 9.79 Å². The number of nitrogens with zero attached hydrogens (tertiary/aromatic N) is 2. The minimum atomic E-state index is -0.408. The second-order valence-electron chi connectivity index (χ2n) is 7.19. The van der Waals surface area contributed by atoms with Gasteiger partial charge in [0.05, 0.1) is 5.92 Å². The van der Waals surface area contributed by atoms with Gasteiger partial charge in [-0.2, -0.15) is 0 Å². The molecule has 0 aromatic carbocycles. The number of ether oxygens (including phenoxy) is 1. The van der Waals surface area contributed by atoms with E-state index in [0.29, 0.717) is 6.54 Å². The molecular weight excluding hydrogens is 393 g/mol. The summed E-state index contributed by atoms with van der Waals surface area (Å²) in [6.07, 6.45) is 4.85. The van der Waals surface area contributed by atoms with Gasteiger partial charge in [0.15, 0.2) is 5.96 Å². The van der Waals surface area contributed by atoms with Crippen molar-refractivity contribution in [1.29, 1.82) is 0 Å². The molecule has 0 amide bonds. The van der Waals surface area contributed by atoms with E-state index in [-0.39, 0.29) is 35.9 Å². The lowest BCUT2D eigenvalue weighted by molar-refractivity contribution is -0.159. The number of hydrogen-bond acceptors (Lipinski definition) is 3. The van der Waals surface area contributed by atoms with Crippen molar-refractivity contribution in [2.45, 2.75) is 52.1 Å². The van der Waals surface area contributed by atoms with Gasteiger partial charge in [0, 0.05) is 26.7 Å². The first kappa shape index (κ1) is 19.5. The fourth-order valence-electron chi connectivity index (χ4n) is 2.79. The van der Waals surface area contributed by atoms with Crippen molar-refractivity contribution in [2.75, 3.05) is 26.7 Å². The van der Waals surface area contributed by atoms with Gasteiger partial charge in [0.1, 0.15) is 5.60 Å². The molecule has 1 aliphatic heterocycles. The highest BCUT2D eigenvalue weighted by atomic mass is 127. The molecule has 0 aromatic rings. The molecule has 1 N–H and O–H groups in total. The molecule has 0 aromatic heterocycles. The van der Waals surface area contributed by atoms with Crippen LogP contribution in [0.4, 0.5) is 0 Å². The molecular formula is C16H30IN3O2. The van der Waals surface area contributed by atoms with Crippen LogP contribution in [0.1, 0.15) is 46.5 Å². The van der Waals surface area contributed by atoms with Crippen molar-refractivity contribution in [3.8, 4) is 0 Å². The monoisotopic (exact) mass is 423 g/mol. The molecule has 0 spiro atoms. The maximum Gasteiger partial charge on any atom is 0.311 e. The predicted molar refractivity (Wildman–Crippen MR) is 99.6 cm³/mol. The first-order valence-corrected chi connectivity index (χ1v) is 8.07. The van der Waals surface area contributed by atoms with Gasteiger partial charge >= 0.3 is 5.97 Å². The predicted octanol–water partition coefficient (Wildman–Crippen LogP) is 2.64. The highest BCUT2D eigenvalue weighted by Gasteiger charge is 2.33. The third-order valence-corrected chi connectivity index (χ3v) is 4.21. The summed E-state index contributed by atoms with van der Waals surface area (Å²) in [4.78, 5) is 18.7. The number of halogens is 1. The van der Waals surface area contributed by atoms with Crippen LogP contribution in [-0.4, -0.2) is 49.1 Å². The Hall–Kier alpha value is -0.530. The molecule has 6 heteroatoms. The topological polar surface area (TPSA) is 53.9 Å². The molecule has 1 heterocycles. The fourth-order valence-corrected chi connectivity index (χ4v) is 2.79. The average molecular weight is 423 g/mol. The van der Waals surface area contributed by atoms with Crippen molar-refractivity contribution in [1.82, 2.24) is 10.2 Å². The van der Waals surface area contributed by atoms with Crippen molar-refractivity contribution < 1.29 is 9.53 Å². The summed E-state index contributed by atoms with van der Waals surface area (Å²) < 4.78 is 5.48. The minimum absolute atomic E-state index is 0. The molecule has 22 heavy (non-hydrogen) atoms. The van der Waals surface area contributed by atoms with E-state index in [1.54, 1.807) is 0 Å². The molecule has 2 rings (SSSR count). The zero-order chi connectivity index (χ0) is 15.5. The van der Waals surface area contributed by atoms with Gasteiger partial charge in [-0.1, -0.05) is 6.42 Å². The minimum Gasteiger partial charge on any atom is -0.460 e. The number of carbonyl (C=O) groups is 1. The second-order valence-corrected chi connectivity index (χ2v) is 7.19. The number of aliphatic imine (C=N–C) groups is 1. The van der Waals surface area contributed by atoms with Crippen molar-refractivity contribution in [3.63, 3.8) is 0 Å². The number of guanidine groups is 1. The van der Waals surface area contributed by atoms with Gasteiger partial charge in [0.25, 0.3) is 0 Å².